The maximum absolute atomic E-state index is 5.76. The van der Waals surface area contributed by atoms with Crippen LogP contribution in [0.2, 0.25) is 0 Å². The number of ether oxygens (including phenoxy) is 1. The number of hydrogen-bond acceptors (Lipinski definition) is 7. The van der Waals surface area contributed by atoms with Crippen LogP contribution in [0.5, 0.6) is 0 Å². The van der Waals surface area contributed by atoms with Crippen LogP contribution in [-0.4, -0.2) is 47.8 Å². The van der Waals surface area contributed by atoms with E-state index in [1.807, 2.05) is 0 Å². The molecule has 1 fully saturated rings. The molecular formula is C14H26N6O. The number of nitrogen functional groups attached to an aromatic ring is 1. The van der Waals surface area contributed by atoms with Gasteiger partial charge in [0.25, 0.3) is 0 Å². The summed E-state index contributed by atoms with van der Waals surface area (Å²) in [7, 11) is 0. The number of hydrogen-bond donors (Lipinski definition) is 2. The van der Waals surface area contributed by atoms with Crippen molar-refractivity contribution in [3.8, 4) is 0 Å². The Morgan fingerprint density at radius 2 is 1.90 bits per heavy atom. The second kappa shape index (κ2) is 8.61. The van der Waals surface area contributed by atoms with Crippen molar-refractivity contribution < 1.29 is 4.74 Å². The molecule has 0 spiro atoms. The van der Waals surface area contributed by atoms with Crippen LogP contribution < -0.4 is 16.0 Å². The zero-order chi connectivity index (χ0) is 14.9. The molecule has 0 aromatic carbocycles. The number of aromatic nitrogens is 3. The normalized spacial score (nSPS) is 14.6. The predicted octanol–water partition coefficient (Wildman–Crippen LogP) is 1.67. The van der Waals surface area contributed by atoms with E-state index in [1.165, 1.54) is 19.3 Å². The van der Waals surface area contributed by atoms with Crippen LogP contribution in [0.3, 0.4) is 0 Å². The quantitative estimate of drug-likeness (QED) is 0.670. The number of rotatable bonds is 9. The third-order valence-corrected chi connectivity index (χ3v) is 3.42. The first-order valence-electron chi connectivity index (χ1n) is 7.87. The highest BCUT2D eigenvalue weighted by Gasteiger charge is 2.16. The summed E-state index contributed by atoms with van der Waals surface area (Å²) in [5, 5.41) is 3.19. The van der Waals surface area contributed by atoms with Crippen molar-refractivity contribution in [3.05, 3.63) is 0 Å². The lowest BCUT2D eigenvalue weighted by Crippen LogP contribution is -2.22. The molecule has 0 atom stereocenters. The number of unbranched alkanes of at least 4 members (excludes halogenated alkanes) is 1. The standard InChI is InChI=1S/C14H26N6O/c1-2-3-10-21-11-6-7-16-13-17-12(15)18-14(19-13)20-8-4-5-9-20/h2-11H2,1H3,(H3,15,16,17,18,19). The monoisotopic (exact) mass is 294 g/mol. The summed E-state index contributed by atoms with van der Waals surface area (Å²) in [5.74, 6) is 1.51. The van der Waals surface area contributed by atoms with E-state index in [2.05, 4.69) is 32.1 Å². The minimum absolute atomic E-state index is 0.272. The van der Waals surface area contributed by atoms with Crippen LogP contribution >= 0.6 is 0 Å². The largest absolute Gasteiger partial charge is 0.381 e. The van der Waals surface area contributed by atoms with E-state index < -0.39 is 0 Å². The van der Waals surface area contributed by atoms with Crippen molar-refractivity contribution in [2.75, 3.05) is 48.8 Å². The third kappa shape index (κ3) is 5.34. The summed E-state index contributed by atoms with van der Waals surface area (Å²) >= 11 is 0. The van der Waals surface area contributed by atoms with Crippen molar-refractivity contribution in [3.63, 3.8) is 0 Å². The zero-order valence-electron chi connectivity index (χ0n) is 12.8. The molecule has 1 saturated heterocycles. The molecule has 0 aliphatic carbocycles. The second-order valence-corrected chi connectivity index (χ2v) is 5.26. The van der Waals surface area contributed by atoms with Gasteiger partial charge in [0.1, 0.15) is 0 Å². The number of nitrogens with zero attached hydrogens (tertiary/aromatic N) is 4. The fraction of sp³-hybridized carbons (Fsp3) is 0.786. The molecular weight excluding hydrogens is 268 g/mol. The van der Waals surface area contributed by atoms with Gasteiger partial charge in [-0.25, -0.2) is 0 Å². The summed E-state index contributed by atoms with van der Waals surface area (Å²) in [5.41, 5.74) is 5.76. The lowest BCUT2D eigenvalue weighted by molar-refractivity contribution is 0.131. The molecule has 3 N–H and O–H groups in total. The molecule has 0 saturated carbocycles. The summed E-state index contributed by atoms with van der Waals surface area (Å²) < 4.78 is 5.51. The molecule has 2 heterocycles. The zero-order valence-corrected chi connectivity index (χ0v) is 12.8. The van der Waals surface area contributed by atoms with Gasteiger partial charge in [0.15, 0.2) is 0 Å². The van der Waals surface area contributed by atoms with Gasteiger partial charge in [-0.15, -0.1) is 0 Å². The van der Waals surface area contributed by atoms with Gasteiger partial charge in [-0.1, -0.05) is 13.3 Å². The first kappa shape index (κ1) is 15.8. The van der Waals surface area contributed by atoms with Gasteiger partial charge >= 0.3 is 0 Å². The molecule has 21 heavy (non-hydrogen) atoms. The molecule has 0 amide bonds. The Morgan fingerprint density at radius 3 is 2.67 bits per heavy atom. The van der Waals surface area contributed by atoms with E-state index in [1.54, 1.807) is 0 Å². The molecule has 118 valence electrons. The average Bonchev–Trinajstić information content (AvgIpc) is 3.00. The Morgan fingerprint density at radius 1 is 1.14 bits per heavy atom. The lowest BCUT2D eigenvalue weighted by atomic mass is 10.4. The Hall–Kier alpha value is -1.63. The van der Waals surface area contributed by atoms with Crippen molar-refractivity contribution in [1.29, 1.82) is 0 Å². The molecule has 1 aliphatic heterocycles. The molecule has 1 aromatic heterocycles. The van der Waals surface area contributed by atoms with E-state index in [9.17, 15) is 0 Å². The number of nitrogens with two attached hydrogens (primary N) is 1. The van der Waals surface area contributed by atoms with Gasteiger partial charge < -0.3 is 20.7 Å². The summed E-state index contributed by atoms with van der Waals surface area (Å²) in [4.78, 5) is 14.9. The molecule has 0 radical (unpaired) electrons. The van der Waals surface area contributed by atoms with Crippen LogP contribution in [0, 0.1) is 0 Å². The fourth-order valence-corrected chi connectivity index (χ4v) is 2.24. The minimum atomic E-state index is 0.272. The van der Waals surface area contributed by atoms with Crippen LogP contribution in [0.1, 0.15) is 39.0 Å². The van der Waals surface area contributed by atoms with E-state index in [-0.39, 0.29) is 5.95 Å². The topological polar surface area (TPSA) is 89.2 Å². The van der Waals surface area contributed by atoms with Crippen molar-refractivity contribution in [2.24, 2.45) is 0 Å². The second-order valence-electron chi connectivity index (χ2n) is 5.26. The van der Waals surface area contributed by atoms with E-state index in [0.29, 0.717) is 11.9 Å². The van der Waals surface area contributed by atoms with Gasteiger partial charge in [0.05, 0.1) is 0 Å². The Labute approximate surface area is 126 Å². The smallest absolute Gasteiger partial charge is 0.231 e. The Kier molecular flexibility index (Phi) is 6.46. The minimum Gasteiger partial charge on any atom is -0.381 e. The molecule has 7 heteroatoms. The Bertz CT molecular complexity index is 422. The van der Waals surface area contributed by atoms with Gasteiger partial charge in [0, 0.05) is 32.8 Å². The first-order valence-corrected chi connectivity index (χ1v) is 7.87. The maximum atomic E-state index is 5.76. The molecule has 7 nitrogen and oxygen atoms in total. The molecule has 0 unspecified atom stereocenters. The SMILES string of the molecule is CCCCOCCCNc1nc(N)nc(N2CCCC2)n1. The summed E-state index contributed by atoms with van der Waals surface area (Å²) in [6.45, 7) is 6.52. The number of nitrogens with one attached hydrogen (secondary N) is 1. The lowest BCUT2D eigenvalue weighted by Gasteiger charge is -2.16. The molecule has 1 aromatic rings. The first-order chi connectivity index (χ1) is 10.3. The maximum Gasteiger partial charge on any atom is 0.231 e. The summed E-state index contributed by atoms with van der Waals surface area (Å²) in [6.07, 6.45) is 5.58. The average molecular weight is 294 g/mol. The number of anilines is 3. The molecule has 1 aliphatic rings. The van der Waals surface area contributed by atoms with E-state index in [0.717, 1.165) is 45.7 Å². The molecule has 2 rings (SSSR count). The van der Waals surface area contributed by atoms with Gasteiger partial charge in [-0.3, -0.25) is 0 Å². The van der Waals surface area contributed by atoms with E-state index >= 15 is 0 Å². The fourth-order valence-electron chi connectivity index (χ4n) is 2.24. The third-order valence-electron chi connectivity index (χ3n) is 3.42. The van der Waals surface area contributed by atoms with Gasteiger partial charge in [0.2, 0.25) is 17.8 Å². The highest BCUT2D eigenvalue weighted by Crippen LogP contribution is 2.17. The van der Waals surface area contributed by atoms with Crippen LogP contribution in [0.15, 0.2) is 0 Å². The van der Waals surface area contributed by atoms with Crippen LogP contribution in [0.4, 0.5) is 17.8 Å². The highest BCUT2D eigenvalue weighted by molar-refractivity contribution is 5.42. The Balaban J connectivity index is 1.75. The van der Waals surface area contributed by atoms with E-state index in [4.69, 9.17) is 10.5 Å². The molecule has 0 bridgehead atoms. The van der Waals surface area contributed by atoms with Crippen molar-refractivity contribution >= 4 is 17.8 Å². The highest BCUT2D eigenvalue weighted by atomic mass is 16.5. The predicted molar refractivity (Wildman–Crippen MR) is 84.5 cm³/mol. The van der Waals surface area contributed by atoms with Gasteiger partial charge in [-0.2, -0.15) is 15.0 Å². The van der Waals surface area contributed by atoms with Gasteiger partial charge in [-0.05, 0) is 25.7 Å². The van der Waals surface area contributed by atoms with Crippen LogP contribution in [-0.2, 0) is 4.74 Å². The summed E-state index contributed by atoms with van der Waals surface area (Å²) in [6, 6.07) is 0. The van der Waals surface area contributed by atoms with Crippen LogP contribution in [0.25, 0.3) is 0 Å². The van der Waals surface area contributed by atoms with Crippen molar-refractivity contribution in [2.45, 2.75) is 39.0 Å². The van der Waals surface area contributed by atoms with Crippen molar-refractivity contribution in [1.82, 2.24) is 15.0 Å².